The molecule has 0 aliphatic carbocycles. The van der Waals surface area contributed by atoms with Crippen LogP contribution in [0.15, 0.2) is 18.2 Å². The van der Waals surface area contributed by atoms with Crippen molar-refractivity contribution in [2.45, 2.75) is 33.6 Å². The zero-order chi connectivity index (χ0) is 15.4. The minimum atomic E-state index is -0.121. The van der Waals surface area contributed by atoms with Crippen LogP contribution in [0.25, 0.3) is 0 Å². The molecule has 0 unspecified atom stereocenters. The topological polar surface area (TPSA) is 66.9 Å². The van der Waals surface area contributed by atoms with Crippen molar-refractivity contribution in [2.24, 2.45) is 0 Å². The lowest BCUT2D eigenvalue weighted by molar-refractivity contribution is -0.114. The second-order valence-corrected chi connectivity index (χ2v) is 6.28. The van der Waals surface area contributed by atoms with Crippen LogP contribution in [0.4, 0.5) is 10.8 Å². The highest BCUT2D eigenvalue weighted by Gasteiger charge is 2.11. The number of carbonyl (C=O) groups excluding carboxylic acids is 1. The number of benzene rings is 1. The lowest BCUT2D eigenvalue weighted by atomic mass is 10.1. The number of amides is 1. The Kier molecular flexibility index (Phi) is 4.90. The maximum Gasteiger partial charge on any atom is 0.245 e. The van der Waals surface area contributed by atoms with Crippen LogP contribution in [-0.2, 0) is 4.79 Å². The number of hydrogen-bond acceptors (Lipinski definition) is 5. The summed E-state index contributed by atoms with van der Waals surface area (Å²) >= 11 is 1.42. The number of hydrogen-bond donors (Lipinski definition) is 2. The van der Waals surface area contributed by atoms with Crippen molar-refractivity contribution < 1.29 is 4.79 Å². The Hall–Kier alpha value is -1.95. The highest BCUT2D eigenvalue weighted by molar-refractivity contribution is 7.15. The Morgan fingerprint density at radius 3 is 2.48 bits per heavy atom. The molecule has 1 heterocycles. The molecule has 2 N–H and O–H groups in total. The molecule has 0 spiro atoms. The first-order valence-electron chi connectivity index (χ1n) is 6.90. The summed E-state index contributed by atoms with van der Waals surface area (Å²) in [6, 6.07) is 6.05. The van der Waals surface area contributed by atoms with E-state index in [0.29, 0.717) is 11.0 Å². The predicted octanol–water partition coefficient (Wildman–Crippen LogP) is 3.33. The Morgan fingerprint density at radius 1 is 1.24 bits per heavy atom. The average Bonchev–Trinajstić information content (AvgIpc) is 2.87. The number of aromatic nitrogens is 2. The number of anilines is 2. The van der Waals surface area contributed by atoms with Gasteiger partial charge in [-0.15, -0.1) is 10.2 Å². The van der Waals surface area contributed by atoms with E-state index in [1.807, 2.05) is 32.0 Å². The van der Waals surface area contributed by atoms with Gasteiger partial charge in [0.15, 0.2) is 0 Å². The van der Waals surface area contributed by atoms with Crippen LogP contribution >= 0.6 is 11.3 Å². The Balaban J connectivity index is 1.93. The molecule has 0 aliphatic heterocycles. The maximum atomic E-state index is 12.0. The van der Waals surface area contributed by atoms with E-state index in [2.05, 4.69) is 34.7 Å². The Bertz CT molecular complexity index is 616. The molecule has 0 aliphatic rings. The first-order valence-corrected chi connectivity index (χ1v) is 7.72. The van der Waals surface area contributed by atoms with Gasteiger partial charge in [0, 0.05) is 11.6 Å². The van der Waals surface area contributed by atoms with Gasteiger partial charge >= 0.3 is 0 Å². The second-order valence-electron chi connectivity index (χ2n) is 5.27. The van der Waals surface area contributed by atoms with Gasteiger partial charge in [0.1, 0.15) is 5.01 Å². The van der Waals surface area contributed by atoms with Gasteiger partial charge in [0.05, 0.1) is 6.54 Å². The number of aryl methyl sites for hydroxylation is 2. The van der Waals surface area contributed by atoms with Crippen molar-refractivity contribution in [1.82, 2.24) is 10.2 Å². The molecule has 2 aromatic rings. The predicted molar refractivity (Wildman–Crippen MR) is 87.0 cm³/mol. The largest absolute Gasteiger partial charge is 0.376 e. The van der Waals surface area contributed by atoms with Crippen LogP contribution in [-0.4, -0.2) is 22.6 Å². The van der Waals surface area contributed by atoms with Crippen LogP contribution in [0.1, 0.15) is 35.9 Å². The van der Waals surface area contributed by atoms with E-state index in [-0.39, 0.29) is 12.5 Å². The third kappa shape index (κ3) is 4.01. The van der Waals surface area contributed by atoms with Crippen molar-refractivity contribution >= 4 is 28.1 Å². The van der Waals surface area contributed by atoms with Crippen molar-refractivity contribution in [3.8, 4) is 0 Å². The minimum Gasteiger partial charge on any atom is -0.376 e. The summed E-state index contributed by atoms with van der Waals surface area (Å²) < 4.78 is 0. The molecule has 0 atom stereocenters. The summed E-state index contributed by atoms with van der Waals surface area (Å²) in [7, 11) is 0. The highest BCUT2D eigenvalue weighted by Crippen LogP contribution is 2.22. The molecular weight excluding hydrogens is 284 g/mol. The molecule has 0 radical (unpaired) electrons. The molecule has 5 nitrogen and oxygen atoms in total. The van der Waals surface area contributed by atoms with Crippen LogP contribution in [0.3, 0.4) is 0 Å². The smallest absolute Gasteiger partial charge is 0.245 e. The molecule has 21 heavy (non-hydrogen) atoms. The fourth-order valence-corrected chi connectivity index (χ4v) is 2.71. The van der Waals surface area contributed by atoms with E-state index in [4.69, 9.17) is 0 Å². The summed E-state index contributed by atoms with van der Waals surface area (Å²) in [4.78, 5) is 12.0. The summed E-state index contributed by atoms with van der Waals surface area (Å²) in [5.41, 5.74) is 3.26. The molecular formula is C15H20N4OS. The number of nitrogens with one attached hydrogen (secondary N) is 2. The lowest BCUT2D eigenvalue weighted by Gasteiger charge is -2.11. The van der Waals surface area contributed by atoms with E-state index in [1.165, 1.54) is 11.3 Å². The first kappa shape index (κ1) is 15.4. The van der Waals surface area contributed by atoms with Crippen LogP contribution < -0.4 is 10.6 Å². The summed E-state index contributed by atoms with van der Waals surface area (Å²) in [5, 5.41) is 15.4. The van der Waals surface area contributed by atoms with Crippen LogP contribution in [0.2, 0.25) is 0 Å². The van der Waals surface area contributed by atoms with Gasteiger partial charge < -0.3 is 5.32 Å². The third-order valence-electron chi connectivity index (χ3n) is 3.09. The van der Waals surface area contributed by atoms with Crippen molar-refractivity contribution in [3.05, 3.63) is 34.3 Å². The molecule has 1 aromatic carbocycles. The van der Waals surface area contributed by atoms with Crippen molar-refractivity contribution in [1.29, 1.82) is 0 Å². The number of carbonyl (C=O) groups is 1. The van der Waals surface area contributed by atoms with Gasteiger partial charge in [0.2, 0.25) is 11.0 Å². The molecule has 0 fully saturated rings. The fraction of sp³-hybridized carbons (Fsp3) is 0.400. The van der Waals surface area contributed by atoms with E-state index in [1.54, 1.807) is 0 Å². The van der Waals surface area contributed by atoms with Gasteiger partial charge in [-0.2, -0.15) is 0 Å². The van der Waals surface area contributed by atoms with E-state index in [9.17, 15) is 4.79 Å². The number of nitrogens with zero attached hydrogens (tertiary/aromatic N) is 2. The average molecular weight is 304 g/mol. The van der Waals surface area contributed by atoms with Crippen LogP contribution in [0.5, 0.6) is 0 Å². The summed E-state index contributed by atoms with van der Waals surface area (Å²) in [6.45, 7) is 8.35. The number of rotatable bonds is 5. The quantitative estimate of drug-likeness (QED) is 0.889. The van der Waals surface area contributed by atoms with E-state index >= 15 is 0 Å². The molecule has 0 saturated carbocycles. The SMILES string of the molecule is Cc1cccc(C)c1NCC(=O)Nc1nnc(C(C)C)s1. The molecule has 1 amide bonds. The normalized spacial score (nSPS) is 10.7. The molecule has 1 aromatic heterocycles. The number of para-hydroxylation sites is 1. The zero-order valence-electron chi connectivity index (χ0n) is 12.7. The summed E-state index contributed by atoms with van der Waals surface area (Å²) in [5.74, 6) is 0.199. The van der Waals surface area contributed by atoms with Gasteiger partial charge in [-0.1, -0.05) is 43.4 Å². The highest BCUT2D eigenvalue weighted by atomic mass is 32.1. The molecule has 0 bridgehead atoms. The fourth-order valence-electron chi connectivity index (χ4n) is 1.94. The zero-order valence-corrected chi connectivity index (χ0v) is 13.5. The Morgan fingerprint density at radius 2 is 1.90 bits per heavy atom. The first-order chi connectivity index (χ1) is 9.97. The lowest BCUT2D eigenvalue weighted by Crippen LogP contribution is -2.22. The Labute approximate surface area is 128 Å². The summed E-state index contributed by atoms with van der Waals surface area (Å²) in [6.07, 6.45) is 0. The second kappa shape index (κ2) is 6.67. The van der Waals surface area contributed by atoms with E-state index < -0.39 is 0 Å². The molecule has 0 saturated heterocycles. The van der Waals surface area contributed by atoms with Gasteiger partial charge in [-0.05, 0) is 25.0 Å². The van der Waals surface area contributed by atoms with Crippen LogP contribution in [0, 0.1) is 13.8 Å². The monoisotopic (exact) mass is 304 g/mol. The standard InChI is InChI=1S/C15H20N4OS/c1-9(2)14-18-19-15(21-14)17-12(20)8-16-13-10(3)6-5-7-11(13)4/h5-7,9,16H,8H2,1-4H3,(H,17,19,20). The van der Waals surface area contributed by atoms with E-state index in [0.717, 1.165) is 21.8 Å². The van der Waals surface area contributed by atoms with Crippen molar-refractivity contribution in [3.63, 3.8) is 0 Å². The third-order valence-corrected chi connectivity index (χ3v) is 4.23. The molecule has 6 heteroatoms. The van der Waals surface area contributed by atoms with Gasteiger partial charge in [-0.25, -0.2) is 0 Å². The molecule has 112 valence electrons. The minimum absolute atomic E-state index is 0.121. The van der Waals surface area contributed by atoms with Crippen molar-refractivity contribution in [2.75, 3.05) is 17.2 Å². The molecule has 2 rings (SSSR count). The van der Waals surface area contributed by atoms with Gasteiger partial charge in [-0.3, -0.25) is 10.1 Å². The maximum absolute atomic E-state index is 12.0. The van der Waals surface area contributed by atoms with Gasteiger partial charge in [0.25, 0.3) is 0 Å².